The summed E-state index contributed by atoms with van der Waals surface area (Å²) in [5, 5.41) is 0. The van der Waals surface area contributed by atoms with Crippen LogP contribution in [-0.4, -0.2) is 3.21 Å². The topological polar surface area (TPSA) is 0 Å². The summed E-state index contributed by atoms with van der Waals surface area (Å²) in [5.74, 6) is 2.30. The van der Waals surface area contributed by atoms with Gasteiger partial charge >= 0.3 is 304 Å². The second-order valence-electron chi connectivity index (χ2n) is 18.9. The Morgan fingerprint density at radius 1 is 0.600 bits per heavy atom. The van der Waals surface area contributed by atoms with Gasteiger partial charge in [-0.25, -0.2) is 0 Å². The molecule has 270 valence electrons. The minimum atomic E-state index is -2.59. The van der Waals surface area contributed by atoms with Crippen molar-refractivity contribution in [2.45, 2.75) is 130 Å². The SMILES string of the molecule is CC1=CC=CC2[CH]([Zr+2]([C]3=CC=CC3)=[C](C3CCCCC3)C3CCCCC3)C3(C)C4(C)C=CC=CC4(C)C4(C)C=CC=CC4(C)C3(C)C12C.[Cl-].[Cl-]. The van der Waals surface area contributed by atoms with Gasteiger partial charge in [0.25, 0.3) is 0 Å². The third-order valence-electron chi connectivity index (χ3n) is 18.3. The van der Waals surface area contributed by atoms with Crippen LogP contribution in [0.25, 0.3) is 0 Å². The van der Waals surface area contributed by atoms with Crippen molar-refractivity contribution < 1.29 is 46.1 Å². The monoisotopic (exact) mass is 788 g/mol. The van der Waals surface area contributed by atoms with Crippen molar-refractivity contribution in [1.29, 1.82) is 0 Å². The first-order valence-electron chi connectivity index (χ1n) is 20.1. The molecular formula is C47H64Cl2Zr. The molecule has 8 rings (SSSR count). The van der Waals surface area contributed by atoms with E-state index in [0.29, 0.717) is 9.54 Å². The number of allylic oxidation sites excluding steroid dienone is 16. The average molecular weight is 791 g/mol. The zero-order valence-corrected chi connectivity index (χ0v) is 36.4. The van der Waals surface area contributed by atoms with E-state index in [4.69, 9.17) is 0 Å². The number of hydrogen-bond donors (Lipinski definition) is 0. The van der Waals surface area contributed by atoms with Crippen molar-refractivity contribution >= 4 is 3.21 Å². The molecular weight excluding hydrogens is 727 g/mol. The maximum absolute atomic E-state index is 2.91. The summed E-state index contributed by atoms with van der Waals surface area (Å²) < 4.78 is 4.88. The predicted octanol–water partition coefficient (Wildman–Crippen LogP) is 7.03. The van der Waals surface area contributed by atoms with E-state index in [9.17, 15) is 0 Å². The fraction of sp³-hybridized carbons (Fsp3) is 0.638. The molecule has 0 nitrogen and oxygen atoms in total. The molecule has 8 aliphatic rings. The maximum atomic E-state index is 2.91. The molecule has 50 heavy (non-hydrogen) atoms. The molecule has 9 unspecified atom stereocenters. The van der Waals surface area contributed by atoms with E-state index in [1.807, 2.05) is 3.28 Å². The van der Waals surface area contributed by atoms with Crippen LogP contribution < -0.4 is 24.8 Å². The standard InChI is InChI=1S/C29H37.C13H22.C5H5.2ClH.Zr/c1-21-14-13-15-22-20-27(6)25(4)18-10-9-16-23(25,2)24(3)17-11-12-19-26(24,5)29(27,8)28(21,22)7;1-3-7-12(8-4-1)11-13-9-5-2-6-10-13;1-2-4-5-3-1;;;/h9-20,22H,1-8H3;12-13H,1-10H2;1-3H,4H2;2*1H;/q;;;;;+2/p-2. The Balaban J connectivity index is 0.00000216. The molecule has 0 spiro atoms. The Morgan fingerprint density at radius 2 is 1.10 bits per heavy atom. The molecule has 8 aliphatic carbocycles. The van der Waals surface area contributed by atoms with Gasteiger partial charge < -0.3 is 24.8 Å². The molecule has 0 heterocycles. The maximum Gasteiger partial charge on any atom is -1.00 e. The Kier molecular flexibility index (Phi) is 10.3. The zero-order valence-electron chi connectivity index (χ0n) is 32.4. The van der Waals surface area contributed by atoms with Crippen LogP contribution in [0.4, 0.5) is 0 Å². The van der Waals surface area contributed by atoms with E-state index in [1.54, 1.807) is 5.57 Å². The van der Waals surface area contributed by atoms with Crippen molar-refractivity contribution in [1.82, 2.24) is 0 Å². The Bertz CT molecular complexity index is 1630. The van der Waals surface area contributed by atoms with E-state index < -0.39 is 21.3 Å². The molecule has 9 atom stereocenters. The van der Waals surface area contributed by atoms with Crippen LogP contribution in [0.3, 0.4) is 0 Å². The molecule has 0 bridgehead atoms. The molecule has 0 aromatic heterocycles. The normalized spacial score (nSPS) is 45.6. The van der Waals surface area contributed by atoms with Gasteiger partial charge in [0, 0.05) is 0 Å². The van der Waals surface area contributed by atoms with Crippen LogP contribution in [0.2, 0.25) is 3.63 Å². The molecule has 4 fully saturated rings. The molecule has 0 radical (unpaired) electrons. The fourth-order valence-electron chi connectivity index (χ4n) is 15.0. The van der Waals surface area contributed by atoms with Gasteiger partial charge in [-0.3, -0.25) is 0 Å². The first-order valence-corrected chi connectivity index (χ1v) is 23.9. The van der Waals surface area contributed by atoms with Gasteiger partial charge in [-0.15, -0.1) is 0 Å². The van der Waals surface area contributed by atoms with Gasteiger partial charge in [-0.2, -0.15) is 0 Å². The molecule has 0 aromatic rings. The molecule has 0 N–H and O–H groups in total. The summed E-state index contributed by atoms with van der Waals surface area (Å²) in [4.78, 5) is 0. The largest absolute Gasteiger partial charge is 1.00 e. The van der Waals surface area contributed by atoms with Gasteiger partial charge in [-0.05, 0) is 0 Å². The molecule has 0 saturated heterocycles. The second-order valence-corrected chi connectivity index (χ2v) is 25.4. The van der Waals surface area contributed by atoms with Gasteiger partial charge in [0.1, 0.15) is 0 Å². The molecule has 0 aliphatic heterocycles. The van der Waals surface area contributed by atoms with Crippen molar-refractivity contribution in [3.8, 4) is 0 Å². The van der Waals surface area contributed by atoms with E-state index in [2.05, 4.69) is 144 Å². The van der Waals surface area contributed by atoms with Crippen LogP contribution in [0.1, 0.15) is 126 Å². The minimum absolute atomic E-state index is 0. The van der Waals surface area contributed by atoms with Gasteiger partial charge in [-0.1, -0.05) is 0 Å². The summed E-state index contributed by atoms with van der Waals surface area (Å²) in [6.07, 6.45) is 51.9. The van der Waals surface area contributed by atoms with Crippen molar-refractivity contribution in [3.05, 3.63) is 93.9 Å². The molecule has 0 aromatic carbocycles. The summed E-state index contributed by atoms with van der Waals surface area (Å²) in [6, 6.07) is 0. The number of fused-ring (bicyclic) bond motifs is 8. The molecule has 4 saturated carbocycles. The van der Waals surface area contributed by atoms with Crippen LogP contribution in [0.5, 0.6) is 0 Å². The van der Waals surface area contributed by atoms with E-state index >= 15 is 0 Å². The number of halogens is 2. The summed E-state index contributed by atoms with van der Waals surface area (Å²) >= 11 is -2.59. The van der Waals surface area contributed by atoms with Crippen LogP contribution >= 0.6 is 0 Å². The third kappa shape index (κ3) is 4.42. The van der Waals surface area contributed by atoms with Gasteiger partial charge in [0.05, 0.1) is 0 Å². The van der Waals surface area contributed by atoms with Crippen LogP contribution in [0.15, 0.2) is 93.9 Å². The molecule has 3 heteroatoms. The first kappa shape index (κ1) is 39.0. The molecule has 0 amide bonds. The Morgan fingerprint density at radius 3 is 1.62 bits per heavy atom. The Labute approximate surface area is 326 Å². The average Bonchev–Trinajstić information content (AvgIpc) is 3.68. The number of hydrogen-bond acceptors (Lipinski definition) is 0. The Hall–Kier alpha value is -0.747. The summed E-state index contributed by atoms with van der Waals surface area (Å²) in [6.45, 7) is 21.9. The second kappa shape index (κ2) is 13.2. The summed E-state index contributed by atoms with van der Waals surface area (Å²) in [5.41, 5.74) is 1.73. The quantitative estimate of drug-likeness (QED) is 0.287. The van der Waals surface area contributed by atoms with Gasteiger partial charge in [0.15, 0.2) is 0 Å². The number of rotatable bonds is 4. The first-order chi connectivity index (χ1) is 22.9. The predicted molar refractivity (Wildman–Crippen MR) is 203 cm³/mol. The van der Waals surface area contributed by atoms with Crippen LogP contribution in [-0.2, 0) is 21.3 Å². The van der Waals surface area contributed by atoms with Crippen LogP contribution in [0, 0.1) is 55.7 Å². The van der Waals surface area contributed by atoms with E-state index in [-0.39, 0.29) is 62.7 Å². The summed E-state index contributed by atoms with van der Waals surface area (Å²) in [7, 11) is 0. The van der Waals surface area contributed by atoms with Crippen molar-refractivity contribution in [2.75, 3.05) is 0 Å². The smallest absolute Gasteiger partial charge is 1.00 e. The van der Waals surface area contributed by atoms with E-state index in [0.717, 1.165) is 11.8 Å². The zero-order chi connectivity index (χ0) is 33.8. The van der Waals surface area contributed by atoms with Crippen molar-refractivity contribution in [2.24, 2.45) is 55.7 Å². The van der Waals surface area contributed by atoms with Crippen molar-refractivity contribution in [3.63, 3.8) is 0 Å². The third-order valence-corrected chi connectivity index (χ3v) is 28.3. The van der Waals surface area contributed by atoms with E-state index in [1.165, 1.54) is 70.6 Å². The minimum Gasteiger partial charge on any atom is -1.00 e. The van der Waals surface area contributed by atoms with Gasteiger partial charge in [0.2, 0.25) is 0 Å². The fourth-order valence-corrected chi connectivity index (χ4v) is 27.7.